The number of fused-ring (bicyclic) bond motifs is 2. The van der Waals surface area contributed by atoms with Crippen LogP contribution in [0.1, 0.15) is 50.6 Å². The Hall–Kier alpha value is -5.23. The van der Waals surface area contributed by atoms with Gasteiger partial charge in [0.15, 0.2) is 0 Å². The lowest BCUT2D eigenvalue weighted by Crippen LogP contribution is -2.28. The lowest BCUT2D eigenvalue weighted by Gasteiger charge is -2.18. The van der Waals surface area contributed by atoms with Crippen LogP contribution in [0.4, 0.5) is 0 Å². The maximum Gasteiger partial charge on any atom is 0.335 e. The van der Waals surface area contributed by atoms with Crippen LogP contribution >= 0.6 is 0 Å². The first-order chi connectivity index (χ1) is 19.5. The largest absolute Gasteiger partial charge is 0.478 e. The Morgan fingerprint density at radius 3 is 2.42 bits per heavy atom. The number of aromatic carboxylic acids is 1. The molecule has 0 fully saturated rings. The third kappa shape index (κ3) is 4.95. The van der Waals surface area contributed by atoms with Crippen LogP contribution in [-0.2, 0) is 6.42 Å². The van der Waals surface area contributed by atoms with Gasteiger partial charge in [0, 0.05) is 29.2 Å². The molecule has 0 aliphatic rings. The molecule has 0 saturated carbocycles. The smallest absolute Gasteiger partial charge is 0.335 e. The summed E-state index contributed by atoms with van der Waals surface area (Å²) in [5.74, 6) is -1.19. The molecule has 6 heteroatoms. The molecule has 40 heavy (non-hydrogen) atoms. The molecule has 0 spiro atoms. The van der Waals surface area contributed by atoms with Crippen molar-refractivity contribution in [3.63, 3.8) is 0 Å². The van der Waals surface area contributed by atoms with E-state index in [2.05, 4.69) is 40.6 Å². The van der Waals surface area contributed by atoms with Crippen LogP contribution in [0.2, 0.25) is 0 Å². The number of carboxylic acids is 1. The van der Waals surface area contributed by atoms with Gasteiger partial charge in [0.25, 0.3) is 5.91 Å². The van der Waals surface area contributed by atoms with Gasteiger partial charge in [-0.15, -0.1) is 0 Å². The molecule has 2 N–H and O–H groups in total. The molecule has 3 aromatic heterocycles. The molecular weight excluding hydrogens is 498 g/mol. The number of amides is 1. The van der Waals surface area contributed by atoms with Gasteiger partial charge in [0.1, 0.15) is 5.69 Å². The quantitative estimate of drug-likeness (QED) is 0.237. The van der Waals surface area contributed by atoms with E-state index in [0.29, 0.717) is 12.1 Å². The number of aromatic nitrogens is 2. The zero-order valence-electron chi connectivity index (χ0n) is 21.9. The van der Waals surface area contributed by atoms with E-state index in [1.54, 1.807) is 30.5 Å². The van der Waals surface area contributed by atoms with Gasteiger partial charge < -0.3 is 14.8 Å². The summed E-state index contributed by atoms with van der Waals surface area (Å²) in [4.78, 5) is 29.6. The number of carbonyl (C=O) groups is 2. The fourth-order valence-electron chi connectivity index (χ4n) is 5.12. The molecular formula is C34H27N3O3. The van der Waals surface area contributed by atoms with E-state index in [0.717, 1.165) is 44.4 Å². The van der Waals surface area contributed by atoms with Crippen LogP contribution in [0.5, 0.6) is 0 Å². The third-order valence-electron chi connectivity index (χ3n) is 7.23. The topological polar surface area (TPSA) is 83.7 Å². The van der Waals surface area contributed by atoms with Gasteiger partial charge >= 0.3 is 5.97 Å². The first-order valence-electron chi connectivity index (χ1n) is 13.1. The average Bonchev–Trinajstić information content (AvgIpc) is 3.39. The van der Waals surface area contributed by atoms with E-state index >= 15 is 0 Å². The molecule has 1 amide bonds. The van der Waals surface area contributed by atoms with Crippen LogP contribution in [0, 0.1) is 0 Å². The number of nitrogens with one attached hydrogen (secondary N) is 1. The Morgan fingerprint density at radius 2 is 1.65 bits per heavy atom. The standard InChI is InChI=1S/C34H27N3O3/c1-22(24-11-13-27(14-12-24)34(39)40)36-33(38)32-21-28(25-6-3-2-4-7-25)20-30-16-15-29(37(30)32)18-23-9-10-26-8-5-17-35-31(26)19-23/h2-17,19-22H,18H2,1H3,(H,36,38)(H,39,40)/t22-/m0/s1. The van der Waals surface area contributed by atoms with Gasteiger partial charge in [-0.1, -0.05) is 60.7 Å². The summed E-state index contributed by atoms with van der Waals surface area (Å²) in [5, 5.41) is 13.4. The maximum absolute atomic E-state index is 13.8. The highest BCUT2D eigenvalue weighted by molar-refractivity contribution is 5.95. The highest BCUT2D eigenvalue weighted by Crippen LogP contribution is 2.27. The number of hydrogen-bond acceptors (Lipinski definition) is 3. The Morgan fingerprint density at radius 1 is 0.850 bits per heavy atom. The van der Waals surface area contributed by atoms with Crippen molar-refractivity contribution in [1.29, 1.82) is 0 Å². The SMILES string of the molecule is C[C@H](NC(=O)c1cc(-c2ccccc2)cc2ccc(Cc3ccc4cccnc4c3)n12)c1ccc(C(=O)O)cc1. The van der Waals surface area contributed by atoms with Crippen molar-refractivity contribution in [2.45, 2.75) is 19.4 Å². The molecule has 0 bridgehead atoms. The number of benzene rings is 3. The summed E-state index contributed by atoms with van der Waals surface area (Å²) < 4.78 is 2.02. The second kappa shape index (κ2) is 10.5. The Bertz CT molecular complexity index is 1860. The van der Waals surface area contributed by atoms with E-state index in [4.69, 9.17) is 0 Å². The van der Waals surface area contributed by atoms with E-state index in [-0.39, 0.29) is 17.5 Å². The molecule has 6 rings (SSSR count). The van der Waals surface area contributed by atoms with Crippen molar-refractivity contribution in [3.05, 3.63) is 143 Å². The molecule has 3 aromatic carbocycles. The number of nitrogens with zero attached hydrogens (tertiary/aromatic N) is 2. The molecule has 6 nitrogen and oxygen atoms in total. The van der Waals surface area contributed by atoms with E-state index in [1.807, 2.05) is 65.9 Å². The van der Waals surface area contributed by atoms with Crippen molar-refractivity contribution < 1.29 is 14.7 Å². The molecule has 0 aliphatic heterocycles. The summed E-state index contributed by atoms with van der Waals surface area (Å²) >= 11 is 0. The van der Waals surface area contributed by atoms with Crippen LogP contribution in [0.3, 0.4) is 0 Å². The van der Waals surface area contributed by atoms with Gasteiger partial charge in [-0.25, -0.2) is 4.79 Å². The number of rotatable bonds is 7. The fraction of sp³-hybridized carbons (Fsp3) is 0.0882. The predicted octanol–water partition coefficient (Wildman–Crippen LogP) is 6.93. The predicted molar refractivity (Wildman–Crippen MR) is 157 cm³/mol. The molecule has 3 heterocycles. The van der Waals surface area contributed by atoms with Crippen molar-refractivity contribution in [1.82, 2.24) is 14.7 Å². The van der Waals surface area contributed by atoms with Gasteiger partial charge in [-0.2, -0.15) is 0 Å². The highest BCUT2D eigenvalue weighted by atomic mass is 16.4. The summed E-state index contributed by atoms with van der Waals surface area (Å²) in [7, 11) is 0. The number of pyridine rings is 2. The van der Waals surface area contributed by atoms with E-state index in [9.17, 15) is 14.7 Å². The van der Waals surface area contributed by atoms with E-state index in [1.165, 1.54) is 0 Å². The van der Waals surface area contributed by atoms with Crippen LogP contribution in [0.25, 0.3) is 27.5 Å². The third-order valence-corrected chi connectivity index (χ3v) is 7.23. The van der Waals surface area contributed by atoms with Crippen molar-refractivity contribution in [2.24, 2.45) is 0 Å². The van der Waals surface area contributed by atoms with Crippen LogP contribution in [-0.4, -0.2) is 26.4 Å². The minimum absolute atomic E-state index is 0.209. The molecule has 0 radical (unpaired) electrons. The second-order valence-electron chi connectivity index (χ2n) is 9.91. The molecule has 1 atom stereocenters. The Kier molecular flexibility index (Phi) is 6.58. The summed E-state index contributed by atoms with van der Waals surface area (Å²) in [5.41, 5.74) is 7.52. The first kappa shape index (κ1) is 25.1. The number of carboxylic acid groups (broad SMARTS) is 1. The van der Waals surface area contributed by atoms with Crippen molar-refractivity contribution in [3.8, 4) is 11.1 Å². The van der Waals surface area contributed by atoms with Crippen LogP contribution < -0.4 is 5.32 Å². The average molecular weight is 526 g/mol. The van der Waals surface area contributed by atoms with Gasteiger partial charge in [-0.05, 0) is 77.7 Å². The number of hydrogen-bond donors (Lipinski definition) is 2. The zero-order chi connectivity index (χ0) is 27.6. The molecule has 196 valence electrons. The summed E-state index contributed by atoms with van der Waals surface area (Å²) in [6.07, 6.45) is 2.43. The van der Waals surface area contributed by atoms with Gasteiger partial charge in [-0.3, -0.25) is 9.78 Å². The molecule has 0 unspecified atom stereocenters. The second-order valence-corrected chi connectivity index (χ2v) is 9.91. The monoisotopic (exact) mass is 525 g/mol. The van der Waals surface area contributed by atoms with Crippen LogP contribution in [0.15, 0.2) is 115 Å². The lowest BCUT2D eigenvalue weighted by molar-refractivity contribution is 0.0696. The zero-order valence-corrected chi connectivity index (χ0v) is 21.9. The summed E-state index contributed by atoms with van der Waals surface area (Å²) in [6.45, 7) is 1.89. The molecule has 6 aromatic rings. The molecule has 0 aliphatic carbocycles. The number of carbonyl (C=O) groups excluding carboxylic acids is 1. The van der Waals surface area contributed by atoms with E-state index < -0.39 is 5.97 Å². The van der Waals surface area contributed by atoms with Crippen molar-refractivity contribution in [2.75, 3.05) is 0 Å². The molecule has 0 saturated heterocycles. The highest BCUT2D eigenvalue weighted by Gasteiger charge is 2.19. The Labute approximate surface area is 231 Å². The van der Waals surface area contributed by atoms with Crippen molar-refractivity contribution >= 4 is 28.3 Å². The van der Waals surface area contributed by atoms with Gasteiger partial charge in [0.2, 0.25) is 0 Å². The minimum atomic E-state index is -0.981. The summed E-state index contributed by atoms with van der Waals surface area (Å²) in [6, 6.07) is 34.7. The minimum Gasteiger partial charge on any atom is -0.478 e. The maximum atomic E-state index is 13.8. The Balaban J connectivity index is 1.39. The fourth-order valence-corrected chi connectivity index (χ4v) is 5.12. The normalized spacial score (nSPS) is 11.9. The first-order valence-corrected chi connectivity index (χ1v) is 13.1. The lowest BCUT2D eigenvalue weighted by atomic mass is 10.0. The van der Waals surface area contributed by atoms with Gasteiger partial charge in [0.05, 0.1) is 17.1 Å².